The molecule has 15 heavy (non-hydrogen) atoms. The van der Waals surface area contributed by atoms with Crippen LogP contribution in [-0.4, -0.2) is 5.11 Å². The molecule has 0 fully saturated rings. The normalized spacial score (nSPS) is 13.1. The Morgan fingerprint density at radius 3 is 2.60 bits per heavy atom. The van der Waals surface area contributed by atoms with Gasteiger partial charge in [-0.25, -0.2) is 0 Å². The molecule has 1 atom stereocenters. The number of benzene rings is 1. The second-order valence-electron chi connectivity index (χ2n) is 4.26. The maximum absolute atomic E-state index is 9.81. The van der Waals surface area contributed by atoms with E-state index >= 15 is 0 Å². The minimum Gasteiger partial charge on any atom is -0.506 e. The van der Waals surface area contributed by atoms with Crippen LogP contribution < -0.4 is 5.73 Å². The van der Waals surface area contributed by atoms with Crippen LogP contribution in [0, 0.1) is 5.92 Å². The number of phenolic OH excluding ortho intramolecular Hbond substituents is 1. The van der Waals surface area contributed by atoms with Gasteiger partial charge in [-0.1, -0.05) is 26.0 Å². The molecule has 0 unspecified atom stereocenters. The minimum absolute atomic E-state index is 0.0788. The number of halogens is 1. The number of rotatable bonds is 4. The Hall–Kier alpha value is -0.540. The topological polar surface area (TPSA) is 46.2 Å². The molecule has 1 aromatic carbocycles. The van der Waals surface area contributed by atoms with Crippen LogP contribution in [0.25, 0.3) is 0 Å². The van der Waals surface area contributed by atoms with Crippen LogP contribution in [0.3, 0.4) is 0 Å². The van der Waals surface area contributed by atoms with Gasteiger partial charge < -0.3 is 10.8 Å². The zero-order chi connectivity index (χ0) is 11.4. The minimum atomic E-state index is -0.0788. The van der Waals surface area contributed by atoms with Gasteiger partial charge in [0.25, 0.3) is 0 Å². The number of aromatic hydroxyl groups is 1. The summed E-state index contributed by atoms with van der Waals surface area (Å²) < 4.78 is 0.708. The molecule has 0 aliphatic heterocycles. The van der Waals surface area contributed by atoms with Crippen LogP contribution in [0.2, 0.25) is 0 Å². The highest BCUT2D eigenvalue weighted by Crippen LogP contribution is 2.32. The maximum atomic E-state index is 9.81. The Morgan fingerprint density at radius 2 is 2.00 bits per heavy atom. The van der Waals surface area contributed by atoms with E-state index in [0.29, 0.717) is 10.4 Å². The summed E-state index contributed by atoms with van der Waals surface area (Å²) in [6.07, 6.45) is 1.98. The molecule has 0 saturated heterocycles. The van der Waals surface area contributed by atoms with Crippen molar-refractivity contribution in [1.82, 2.24) is 0 Å². The lowest BCUT2D eigenvalue weighted by Gasteiger charge is -2.15. The fourth-order valence-electron chi connectivity index (χ4n) is 1.50. The van der Waals surface area contributed by atoms with Crippen LogP contribution in [0.1, 0.15) is 38.3 Å². The van der Waals surface area contributed by atoms with Gasteiger partial charge in [-0.3, -0.25) is 0 Å². The fraction of sp³-hybridized carbons (Fsp3) is 0.500. The predicted octanol–water partition coefficient (Wildman–Crippen LogP) is 3.59. The van der Waals surface area contributed by atoms with Crippen LogP contribution in [0.4, 0.5) is 0 Å². The SMILES string of the molecule is CC(C)CC[C@H](N)c1cccc(Br)c1O. The van der Waals surface area contributed by atoms with E-state index < -0.39 is 0 Å². The number of hydrogen-bond donors (Lipinski definition) is 2. The molecule has 3 N–H and O–H groups in total. The highest BCUT2D eigenvalue weighted by atomic mass is 79.9. The lowest BCUT2D eigenvalue weighted by Crippen LogP contribution is -2.11. The van der Waals surface area contributed by atoms with Crippen LogP contribution >= 0.6 is 15.9 Å². The molecule has 0 aromatic heterocycles. The molecule has 0 spiro atoms. The van der Waals surface area contributed by atoms with E-state index in [9.17, 15) is 5.11 Å². The van der Waals surface area contributed by atoms with Gasteiger partial charge in [0.2, 0.25) is 0 Å². The first-order chi connectivity index (χ1) is 7.02. The third kappa shape index (κ3) is 3.50. The lowest BCUT2D eigenvalue weighted by atomic mass is 9.98. The molecule has 3 heteroatoms. The second-order valence-corrected chi connectivity index (χ2v) is 5.11. The molecule has 1 aromatic rings. The zero-order valence-corrected chi connectivity index (χ0v) is 10.8. The van der Waals surface area contributed by atoms with E-state index in [1.54, 1.807) is 0 Å². The van der Waals surface area contributed by atoms with Gasteiger partial charge >= 0.3 is 0 Å². The molecule has 0 aliphatic rings. The molecule has 84 valence electrons. The molecule has 0 radical (unpaired) electrons. The Bertz CT molecular complexity index is 325. The average Bonchev–Trinajstić information content (AvgIpc) is 2.18. The molecular formula is C12H18BrNO. The second kappa shape index (κ2) is 5.52. The number of para-hydroxylation sites is 1. The third-order valence-corrected chi connectivity index (χ3v) is 3.11. The number of phenols is 1. The van der Waals surface area contributed by atoms with Gasteiger partial charge in [0, 0.05) is 11.6 Å². The first kappa shape index (κ1) is 12.5. The van der Waals surface area contributed by atoms with Crippen molar-refractivity contribution < 1.29 is 5.11 Å². The lowest BCUT2D eigenvalue weighted by molar-refractivity contribution is 0.445. The van der Waals surface area contributed by atoms with Gasteiger partial charge in [0.05, 0.1) is 4.47 Å². The van der Waals surface area contributed by atoms with Gasteiger partial charge in [-0.15, -0.1) is 0 Å². The summed E-state index contributed by atoms with van der Waals surface area (Å²) in [5, 5.41) is 9.81. The van der Waals surface area contributed by atoms with Crippen molar-refractivity contribution in [3.05, 3.63) is 28.2 Å². The summed E-state index contributed by atoms with van der Waals surface area (Å²) in [6, 6.07) is 5.51. The molecule has 0 heterocycles. The first-order valence-corrected chi connectivity index (χ1v) is 6.04. The predicted molar refractivity (Wildman–Crippen MR) is 66.8 cm³/mol. The van der Waals surface area contributed by atoms with Crippen molar-refractivity contribution in [2.45, 2.75) is 32.7 Å². The molecule has 0 saturated carbocycles. The largest absolute Gasteiger partial charge is 0.506 e. The van der Waals surface area contributed by atoms with E-state index in [-0.39, 0.29) is 11.8 Å². The quantitative estimate of drug-likeness (QED) is 0.879. The van der Waals surface area contributed by atoms with E-state index in [2.05, 4.69) is 29.8 Å². The monoisotopic (exact) mass is 271 g/mol. The van der Waals surface area contributed by atoms with Crippen LogP contribution in [0.5, 0.6) is 5.75 Å². The van der Waals surface area contributed by atoms with E-state index in [1.807, 2.05) is 18.2 Å². The highest BCUT2D eigenvalue weighted by molar-refractivity contribution is 9.10. The van der Waals surface area contributed by atoms with Gasteiger partial charge in [-0.05, 0) is 40.8 Å². The zero-order valence-electron chi connectivity index (χ0n) is 9.20. The van der Waals surface area contributed by atoms with Crippen molar-refractivity contribution in [3.8, 4) is 5.75 Å². The number of nitrogens with two attached hydrogens (primary N) is 1. The molecular weight excluding hydrogens is 254 g/mol. The molecule has 0 aliphatic carbocycles. The first-order valence-electron chi connectivity index (χ1n) is 5.25. The summed E-state index contributed by atoms with van der Waals surface area (Å²) in [6.45, 7) is 4.35. The molecule has 0 bridgehead atoms. The smallest absolute Gasteiger partial charge is 0.134 e. The Morgan fingerprint density at radius 1 is 1.33 bits per heavy atom. The summed E-state index contributed by atoms with van der Waals surface area (Å²) in [4.78, 5) is 0. The van der Waals surface area contributed by atoms with E-state index in [0.717, 1.165) is 18.4 Å². The summed E-state index contributed by atoms with van der Waals surface area (Å²) in [7, 11) is 0. The van der Waals surface area contributed by atoms with Crippen molar-refractivity contribution >= 4 is 15.9 Å². The number of hydrogen-bond acceptors (Lipinski definition) is 2. The molecule has 0 amide bonds. The average molecular weight is 272 g/mol. The Kier molecular flexibility index (Phi) is 4.61. The van der Waals surface area contributed by atoms with E-state index in [4.69, 9.17) is 5.73 Å². The summed E-state index contributed by atoms with van der Waals surface area (Å²) >= 11 is 3.29. The Balaban J connectivity index is 2.73. The molecule has 1 rings (SSSR count). The van der Waals surface area contributed by atoms with Crippen LogP contribution in [-0.2, 0) is 0 Å². The van der Waals surface area contributed by atoms with Gasteiger partial charge in [-0.2, -0.15) is 0 Å². The standard InChI is InChI=1S/C12H18BrNO/c1-8(2)6-7-11(14)9-4-3-5-10(13)12(9)15/h3-5,8,11,15H,6-7,14H2,1-2H3/t11-/m0/s1. The summed E-state index contributed by atoms with van der Waals surface area (Å²) in [5.74, 6) is 0.916. The van der Waals surface area contributed by atoms with Crippen molar-refractivity contribution in [2.24, 2.45) is 11.7 Å². The third-order valence-electron chi connectivity index (χ3n) is 2.47. The highest BCUT2D eigenvalue weighted by Gasteiger charge is 2.12. The van der Waals surface area contributed by atoms with Crippen molar-refractivity contribution in [3.63, 3.8) is 0 Å². The maximum Gasteiger partial charge on any atom is 0.134 e. The van der Waals surface area contributed by atoms with Crippen molar-refractivity contribution in [2.75, 3.05) is 0 Å². The Labute approximate surface area is 99.6 Å². The van der Waals surface area contributed by atoms with Crippen LogP contribution in [0.15, 0.2) is 22.7 Å². The van der Waals surface area contributed by atoms with E-state index in [1.165, 1.54) is 0 Å². The summed E-state index contributed by atoms with van der Waals surface area (Å²) in [5.41, 5.74) is 6.86. The van der Waals surface area contributed by atoms with Crippen molar-refractivity contribution in [1.29, 1.82) is 0 Å². The fourth-order valence-corrected chi connectivity index (χ4v) is 1.88. The van der Waals surface area contributed by atoms with Gasteiger partial charge in [0.1, 0.15) is 5.75 Å². The molecule has 2 nitrogen and oxygen atoms in total. The van der Waals surface area contributed by atoms with Gasteiger partial charge in [0.15, 0.2) is 0 Å².